The summed E-state index contributed by atoms with van der Waals surface area (Å²) < 4.78 is 16.0. The van der Waals surface area contributed by atoms with Crippen LogP contribution in [0.1, 0.15) is 12.5 Å². The van der Waals surface area contributed by atoms with Crippen LogP contribution in [0.15, 0.2) is 39.1 Å². The van der Waals surface area contributed by atoms with E-state index in [4.69, 9.17) is 13.9 Å². The van der Waals surface area contributed by atoms with E-state index in [1.165, 1.54) is 20.3 Å². The smallest absolute Gasteiger partial charge is 0.336 e. The molecule has 0 N–H and O–H groups in total. The molecule has 0 saturated heterocycles. The number of allylic oxidation sites excluding steroid dienone is 2. The third-order valence-corrected chi connectivity index (χ3v) is 3.19. The highest BCUT2D eigenvalue weighted by Gasteiger charge is 2.15. The molecule has 0 atom stereocenters. The van der Waals surface area contributed by atoms with Gasteiger partial charge in [-0.25, -0.2) is 4.79 Å². The minimum absolute atomic E-state index is 0.411. The van der Waals surface area contributed by atoms with Gasteiger partial charge < -0.3 is 13.9 Å². The summed E-state index contributed by atoms with van der Waals surface area (Å²) in [6.45, 7) is 1.71. The van der Waals surface area contributed by atoms with E-state index in [2.05, 4.69) is 0 Å². The summed E-state index contributed by atoms with van der Waals surface area (Å²) in [6.07, 6.45) is 2.94. The molecule has 0 aliphatic rings. The Morgan fingerprint density at radius 2 is 1.95 bits per heavy atom. The van der Waals surface area contributed by atoms with Crippen molar-refractivity contribution in [1.82, 2.24) is 0 Å². The second kappa shape index (κ2) is 6.26. The number of hydrogen-bond donors (Lipinski definition) is 0. The lowest BCUT2D eigenvalue weighted by atomic mass is 10.0. The summed E-state index contributed by atoms with van der Waals surface area (Å²) >= 11 is 0. The van der Waals surface area contributed by atoms with Crippen molar-refractivity contribution in [2.75, 3.05) is 14.2 Å². The molecule has 0 saturated carbocycles. The fourth-order valence-electron chi connectivity index (χ4n) is 2.09. The van der Waals surface area contributed by atoms with E-state index in [1.54, 1.807) is 25.1 Å². The second-order valence-corrected chi connectivity index (χ2v) is 4.53. The first-order valence-electron chi connectivity index (χ1n) is 6.40. The molecule has 110 valence electrons. The number of benzene rings is 1. The van der Waals surface area contributed by atoms with Crippen molar-refractivity contribution in [3.63, 3.8) is 0 Å². The minimum atomic E-state index is -0.449. The summed E-state index contributed by atoms with van der Waals surface area (Å²) in [4.78, 5) is 22.2. The monoisotopic (exact) mass is 288 g/mol. The van der Waals surface area contributed by atoms with Gasteiger partial charge in [-0.05, 0) is 25.0 Å². The van der Waals surface area contributed by atoms with Gasteiger partial charge >= 0.3 is 5.63 Å². The Morgan fingerprint density at radius 1 is 1.24 bits per heavy atom. The average molecular weight is 288 g/mol. The van der Waals surface area contributed by atoms with Crippen LogP contribution in [0.25, 0.3) is 11.0 Å². The van der Waals surface area contributed by atoms with Crippen LogP contribution in [0, 0.1) is 0 Å². The first-order valence-corrected chi connectivity index (χ1v) is 6.40. The number of aldehydes is 1. The zero-order valence-electron chi connectivity index (χ0n) is 12.1. The van der Waals surface area contributed by atoms with Crippen molar-refractivity contribution >= 4 is 17.3 Å². The van der Waals surface area contributed by atoms with Crippen molar-refractivity contribution in [3.8, 4) is 11.5 Å². The van der Waals surface area contributed by atoms with Crippen molar-refractivity contribution < 1.29 is 18.7 Å². The largest absolute Gasteiger partial charge is 0.496 e. The van der Waals surface area contributed by atoms with Crippen molar-refractivity contribution in [3.05, 3.63) is 45.8 Å². The quantitative estimate of drug-likeness (QED) is 0.480. The van der Waals surface area contributed by atoms with E-state index in [1.807, 2.05) is 0 Å². The number of hydrogen-bond acceptors (Lipinski definition) is 5. The Labute approximate surface area is 121 Å². The van der Waals surface area contributed by atoms with Gasteiger partial charge in [-0.2, -0.15) is 0 Å². The Morgan fingerprint density at radius 3 is 2.57 bits per heavy atom. The molecule has 2 rings (SSSR count). The van der Waals surface area contributed by atoms with Gasteiger partial charge in [0.1, 0.15) is 23.4 Å². The van der Waals surface area contributed by atoms with Crippen molar-refractivity contribution in [2.45, 2.75) is 13.3 Å². The lowest BCUT2D eigenvalue weighted by Gasteiger charge is -2.12. The fraction of sp³-hybridized carbons (Fsp3) is 0.250. The maximum Gasteiger partial charge on any atom is 0.336 e. The van der Waals surface area contributed by atoms with Gasteiger partial charge in [0.2, 0.25) is 0 Å². The van der Waals surface area contributed by atoms with E-state index < -0.39 is 5.63 Å². The molecule has 2 aromatic rings. The standard InChI is InChI=1S/C16H16O5/c1-10(9-17)4-5-11-13(19-2)8-14(20-3)12-6-7-15(18)21-16(11)12/h4,6-9H,5H2,1-3H3/b10-4+. The molecule has 0 aliphatic heterocycles. The second-order valence-electron chi connectivity index (χ2n) is 4.53. The molecule has 0 radical (unpaired) electrons. The minimum Gasteiger partial charge on any atom is -0.496 e. The zero-order chi connectivity index (χ0) is 15.4. The highest BCUT2D eigenvalue weighted by atomic mass is 16.5. The van der Waals surface area contributed by atoms with E-state index in [0.29, 0.717) is 40.0 Å². The molecular weight excluding hydrogens is 272 g/mol. The Balaban J connectivity index is 2.73. The predicted octanol–water partition coefficient (Wildman–Crippen LogP) is 2.50. The molecule has 21 heavy (non-hydrogen) atoms. The van der Waals surface area contributed by atoms with Crippen molar-refractivity contribution in [2.24, 2.45) is 0 Å². The number of carbonyl (C=O) groups is 1. The van der Waals surface area contributed by atoms with Crippen LogP contribution < -0.4 is 15.1 Å². The first kappa shape index (κ1) is 14.8. The molecule has 1 heterocycles. The first-order chi connectivity index (χ1) is 10.1. The van der Waals surface area contributed by atoms with Gasteiger partial charge in [0.15, 0.2) is 0 Å². The molecule has 0 aliphatic carbocycles. The van der Waals surface area contributed by atoms with Gasteiger partial charge in [-0.1, -0.05) is 6.08 Å². The maximum absolute atomic E-state index is 11.5. The van der Waals surface area contributed by atoms with Crippen LogP contribution in [-0.4, -0.2) is 20.5 Å². The van der Waals surface area contributed by atoms with Gasteiger partial charge in [-0.3, -0.25) is 4.79 Å². The highest BCUT2D eigenvalue weighted by molar-refractivity contribution is 5.88. The van der Waals surface area contributed by atoms with Crippen LogP contribution in [0.4, 0.5) is 0 Å². The molecule has 0 bridgehead atoms. The molecule has 1 aromatic heterocycles. The van der Waals surface area contributed by atoms with Crippen LogP contribution in [-0.2, 0) is 11.2 Å². The Hall–Kier alpha value is -2.56. The van der Waals surface area contributed by atoms with Crippen LogP contribution in [0.3, 0.4) is 0 Å². The van der Waals surface area contributed by atoms with Crippen LogP contribution in [0.5, 0.6) is 11.5 Å². The third kappa shape index (κ3) is 2.97. The van der Waals surface area contributed by atoms with Gasteiger partial charge in [-0.15, -0.1) is 0 Å². The molecule has 1 aromatic carbocycles. The number of methoxy groups -OCH3 is 2. The summed E-state index contributed by atoms with van der Waals surface area (Å²) in [5.74, 6) is 1.11. The Kier molecular flexibility index (Phi) is 4.42. The number of carbonyl (C=O) groups excluding carboxylic acids is 1. The summed E-state index contributed by atoms with van der Waals surface area (Å²) in [6, 6.07) is 4.73. The average Bonchev–Trinajstić information content (AvgIpc) is 2.51. The van der Waals surface area contributed by atoms with Crippen molar-refractivity contribution in [1.29, 1.82) is 0 Å². The zero-order valence-corrected chi connectivity index (χ0v) is 12.1. The molecule has 0 unspecified atom stereocenters. The number of ether oxygens (including phenoxy) is 2. The maximum atomic E-state index is 11.5. The van der Waals surface area contributed by atoms with E-state index in [0.717, 1.165) is 6.29 Å². The molecular formula is C16H16O5. The highest BCUT2D eigenvalue weighted by Crippen LogP contribution is 2.35. The molecule has 0 amide bonds. The van der Waals surface area contributed by atoms with E-state index in [-0.39, 0.29) is 0 Å². The van der Waals surface area contributed by atoms with Gasteiger partial charge in [0, 0.05) is 17.7 Å². The molecule has 5 heteroatoms. The van der Waals surface area contributed by atoms with Crippen LogP contribution in [0.2, 0.25) is 0 Å². The number of rotatable bonds is 5. The van der Waals surface area contributed by atoms with Crippen LogP contribution >= 0.6 is 0 Å². The topological polar surface area (TPSA) is 65.7 Å². The fourth-order valence-corrected chi connectivity index (χ4v) is 2.09. The molecule has 0 spiro atoms. The lowest BCUT2D eigenvalue weighted by Crippen LogP contribution is -2.01. The van der Waals surface area contributed by atoms with E-state index in [9.17, 15) is 9.59 Å². The molecule has 0 fully saturated rings. The number of fused-ring (bicyclic) bond motifs is 1. The summed E-state index contributed by atoms with van der Waals surface area (Å²) in [5, 5.41) is 0.685. The summed E-state index contributed by atoms with van der Waals surface area (Å²) in [5.41, 5.74) is 1.26. The SMILES string of the molecule is COc1cc(OC)c2ccc(=O)oc2c1C/C=C(\C)C=O. The Bertz CT molecular complexity index is 755. The lowest BCUT2D eigenvalue weighted by molar-refractivity contribution is -0.104. The predicted molar refractivity (Wildman–Crippen MR) is 79.1 cm³/mol. The van der Waals surface area contributed by atoms with Gasteiger partial charge in [0.05, 0.1) is 19.6 Å². The van der Waals surface area contributed by atoms with Gasteiger partial charge in [0.25, 0.3) is 0 Å². The normalized spacial score (nSPS) is 11.5. The van der Waals surface area contributed by atoms with E-state index >= 15 is 0 Å². The third-order valence-electron chi connectivity index (χ3n) is 3.19. The molecule has 5 nitrogen and oxygen atoms in total. The summed E-state index contributed by atoms with van der Waals surface area (Å²) in [7, 11) is 3.07.